The number of benzene rings is 1. The first-order valence-electron chi connectivity index (χ1n) is 4.28. The molecule has 2 heteroatoms. The quantitative estimate of drug-likeness (QED) is 0.407. The molecule has 0 N–H and O–H groups in total. The molecule has 0 aliphatic rings. The number of hydrogen-bond donors (Lipinski definition) is 0. The molecule has 1 aromatic rings. The normalized spacial score (nSPS) is 12.0. The Morgan fingerprint density at radius 2 is 1.93 bits per heavy atom. The Labute approximate surface area is 82.6 Å². The molecular formula is C12H11FO. The van der Waals surface area contributed by atoms with Gasteiger partial charge in [0, 0.05) is 0 Å². The van der Waals surface area contributed by atoms with E-state index in [1.807, 2.05) is 6.08 Å². The zero-order valence-electron chi connectivity index (χ0n) is 7.91. The van der Waals surface area contributed by atoms with Gasteiger partial charge in [-0.05, 0) is 30.2 Å². The van der Waals surface area contributed by atoms with E-state index in [2.05, 4.69) is 0 Å². The van der Waals surface area contributed by atoms with Crippen LogP contribution in [0.4, 0.5) is 4.39 Å². The highest BCUT2D eigenvalue weighted by molar-refractivity contribution is 5.73. The molecule has 0 saturated heterocycles. The summed E-state index contributed by atoms with van der Waals surface area (Å²) in [5.74, 6) is -0.248. The van der Waals surface area contributed by atoms with Crippen molar-refractivity contribution in [3.8, 4) is 0 Å². The number of hydrogen-bond acceptors (Lipinski definition) is 1. The Morgan fingerprint density at radius 3 is 2.50 bits per heavy atom. The van der Waals surface area contributed by atoms with Crippen molar-refractivity contribution in [3.05, 3.63) is 53.4 Å². The van der Waals surface area contributed by atoms with Gasteiger partial charge >= 0.3 is 0 Å². The number of aldehydes is 1. The van der Waals surface area contributed by atoms with Crippen molar-refractivity contribution >= 4 is 12.4 Å². The molecule has 1 nitrogen and oxygen atoms in total. The molecule has 0 aromatic heterocycles. The van der Waals surface area contributed by atoms with Crippen molar-refractivity contribution in [2.75, 3.05) is 0 Å². The molecule has 0 bridgehead atoms. The molecule has 1 rings (SSSR count). The topological polar surface area (TPSA) is 17.1 Å². The van der Waals surface area contributed by atoms with E-state index in [0.29, 0.717) is 5.57 Å². The van der Waals surface area contributed by atoms with Gasteiger partial charge in [0.25, 0.3) is 0 Å². The SMILES string of the molecule is C/C(C=O)=C\C=C\c1ccc(F)cc1. The summed E-state index contributed by atoms with van der Waals surface area (Å²) < 4.78 is 12.5. The molecule has 0 aliphatic carbocycles. The molecule has 72 valence electrons. The van der Waals surface area contributed by atoms with Crippen LogP contribution in [-0.2, 0) is 4.79 Å². The molecule has 0 atom stereocenters. The minimum absolute atomic E-state index is 0.248. The van der Waals surface area contributed by atoms with E-state index in [1.165, 1.54) is 12.1 Å². The minimum atomic E-state index is -0.248. The largest absolute Gasteiger partial charge is 0.298 e. The van der Waals surface area contributed by atoms with Crippen LogP contribution in [-0.4, -0.2) is 6.29 Å². The molecule has 0 spiro atoms. The first-order valence-corrected chi connectivity index (χ1v) is 4.28. The molecule has 0 aliphatic heterocycles. The van der Waals surface area contributed by atoms with Crippen molar-refractivity contribution in [2.45, 2.75) is 6.92 Å². The van der Waals surface area contributed by atoms with Gasteiger partial charge in [0.1, 0.15) is 12.1 Å². The highest BCUT2D eigenvalue weighted by Gasteiger charge is 1.87. The highest BCUT2D eigenvalue weighted by Crippen LogP contribution is 2.04. The third kappa shape index (κ3) is 3.35. The summed E-state index contributed by atoms with van der Waals surface area (Å²) in [7, 11) is 0. The summed E-state index contributed by atoms with van der Waals surface area (Å²) in [6.07, 6.45) is 6.06. The van der Waals surface area contributed by atoms with Crippen LogP contribution in [0.1, 0.15) is 12.5 Å². The third-order valence-electron chi connectivity index (χ3n) is 1.70. The summed E-state index contributed by atoms with van der Waals surface area (Å²) in [5.41, 5.74) is 1.56. The standard InChI is InChI=1S/C12H11FO/c1-10(9-14)3-2-4-11-5-7-12(13)8-6-11/h2-9H,1H3/b4-2+,10-3+. The number of rotatable bonds is 3. The molecule has 0 heterocycles. The Bertz CT molecular complexity index is 360. The first kappa shape index (κ1) is 10.4. The van der Waals surface area contributed by atoms with Gasteiger partial charge in [-0.15, -0.1) is 0 Å². The smallest absolute Gasteiger partial charge is 0.145 e. The Kier molecular flexibility index (Phi) is 3.80. The van der Waals surface area contributed by atoms with Crippen LogP contribution in [0.15, 0.2) is 42.0 Å². The number of carbonyl (C=O) groups excluding carboxylic acids is 1. The zero-order valence-corrected chi connectivity index (χ0v) is 7.91. The van der Waals surface area contributed by atoms with E-state index < -0.39 is 0 Å². The predicted molar refractivity (Wildman–Crippen MR) is 55.3 cm³/mol. The Balaban J connectivity index is 2.69. The van der Waals surface area contributed by atoms with Crippen molar-refractivity contribution < 1.29 is 9.18 Å². The molecule has 0 saturated carbocycles. The summed E-state index contributed by atoms with van der Waals surface area (Å²) in [5, 5.41) is 0. The lowest BCUT2D eigenvalue weighted by molar-refractivity contribution is -0.104. The maximum atomic E-state index is 12.5. The second-order valence-corrected chi connectivity index (χ2v) is 2.94. The van der Waals surface area contributed by atoms with Gasteiger partial charge in [-0.1, -0.05) is 30.4 Å². The van der Waals surface area contributed by atoms with Gasteiger partial charge in [0.2, 0.25) is 0 Å². The van der Waals surface area contributed by atoms with E-state index in [9.17, 15) is 9.18 Å². The van der Waals surface area contributed by atoms with Gasteiger partial charge in [0.15, 0.2) is 0 Å². The maximum Gasteiger partial charge on any atom is 0.145 e. The van der Waals surface area contributed by atoms with Gasteiger partial charge < -0.3 is 0 Å². The van der Waals surface area contributed by atoms with Gasteiger partial charge in [-0.2, -0.15) is 0 Å². The minimum Gasteiger partial charge on any atom is -0.298 e. The lowest BCUT2D eigenvalue weighted by atomic mass is 10.2. The number of allylic oxidation sites excluding steroid dienone is 3. The fraction of sp³-hybridized carbons (Fsp3) is 0.0833. The summed E-state index contributed by atoms with van der Waals surface area (Å²) in [6.45, 7) is 1.72. The van der Waals surface area contributed by atoms with Crippen molar-refractivity contribution in [1.29, 1.82) is 0 Å². The van der Waals surface area contributed by atoms with Crippen LogP contribution in [0.25, 0.3) is 6.08 Å². The molecule has 0 unspecified atom stereocenters. The van der Waals surface area contributed by atoms with E-state index in [-0.39, 0.29) is 5.82 Å². The molecule has 1 aromatic carbocycles. The Morgan fingerprint density at radius 1 is 1.29 bits per heavy atom. The number of carbonyl (C=O) groups is 1. The van der Waals surface area contributed by atoms with Gasteiger partial charge in [0.05, 0.1) is 0 Å². The molecule has 0 fully saturated rings. The lowest BCUT2D eigenvalue weighted by Crippen LogP contribution is -1.75. The molecule has 14 heavy (non-hydrogen) atoms. The van der Waals surface area contributed by atoms with Crippen molar-refractivity contribution in [1.82, 2.24) is 0 Å². The lowest BCUT2D eigenvalue weighted by Gasteiger charge is -1.91. The summed E-state index contributed by atoms with van der Waals surface area (Å²) in [4.78, 5) is 10.2. The van der Waals surface area contributed by atoms with E-state index in [4.69, 9.17) is 0 Å². The van der Waals surface area contributed by atoms with Crippen LogP contribution in [0.2, 0.25) is 0 Å². The van der Waals surface area contributed by atoms with Gasteiger partial charge in [-0.25, -0.2) is 4.39 Å². The zero-order chi connectivity index (χ0) is 10.4. The summed E-state index contributed by atoms with van der Waals surface area (Å²) in [6, 6.07) is 6.15. The van der Waals surface area contributed by atoms with E-state index >= 15 is 0 Å². The molecular weight excluding hydrogens is 179 g/mol. The Hall–Kier alpha value is -1.70. The average Bonchev–Trinajstić information content (AvgIpc) is 2.21. The van der Waals surface area contributed by atoms with Gasteiger partial charge in [-0.3, -0.25) is 4.79 Å². The monoisotopic (exact) mass is 190 g/mol. The fourth-order valence-electron chi connectivity index (χ4n) is 0.924. The van der Waals surface area contributed by atoms with Crippen LogP contribution in [0.5, 0.6) is 0 Å². The van der Waals surface area contributed by atoms with Crippen LogP contribution in [0, 0.1) is 5.82 Å². The van der Waals surface area contributed by atoms with Crippen LogP contribution >= 0.6 is 0 Å². The first-order chi connectivity index (χ1) is 6.72. The summed E-state index contributed by atoms with van der Waals surface area (Å²) >= 11 is 0. The van der Waals surface area contributed by atoms with Crippen molar-refractivity contribution in [3.63, 3.8) is 0 Å². The van der Waals surface area contributed by atoms with Crippen LogP contribution < -0.4 is 0 Å². The average molecular weight is 190 g/mol. The van der Waals surface area contributed by atoms with Crippen molar-refractivity contribution in [2.24, 2.45) is 0 Å². The molecule has 0 amide bonds. The second-order valence-electron chi connectivity index (χ2n) is 2.94. The van der Waals surface area contributed by atoms with Crippen LogP contribution in [0.3, 0.4) is 0 Å². The van der Waals surface area contributed by atoms with E-state index in [0.717, 1.165) is 11.8 Å². The number of halogens is 1. The molecule has 0 radical (unpaired) electrons. The van der Waals surface area contributed by atoms with E-state index in [1.54, 1.807) is 31.2 Å². The highest BCUT2D eigenvalue weighted by atomic mass is 19.1. The third-order valence-corrected chi connectivity index (χ3v) is 1.70. The predicted octanol–water partition coefficient (Wildman–Crippen LogP) is 2.98. The second kappa shape index (κ2) is 5.12. The fourth-order valence-corrected chi connectivity index (χ4v) is 0.924. The maximum absolute atomic E-state index is 12.5.